The molecule has 0 unspecified atom stereocenters. The highest BCUT2D eigenvalue weighted by atomic mass is 19.4. The van der Waals surface area contributed by atoms with Gasteiger partial charge in [0.1, 0.15) is 5.69 Å². The van der Waals surface area contributed by atoms with Gasteiger partial charge < -0.3 is 5.32 Å². The van der Waals surface area contributed by atoms with Gasteiger partial charge in [-0.1, -0.05) is 0 Å². The molecule has 0 aliphatic heterocycles. The third-order valence-corrected chi connectivity index (χ3v) is 2.25. The van der Waals surface area contributed by atoms with Crippen LogP contribution in [0.25, 0.3) is 0 Å². The van der Waals surface area contributed by atoms with E-state index in [-0.39, 0.29) is 6.07 Å². The zero-order valence-corrected chi connectivity index (χ0v) is 9.68. The lowest BCUT2D eigenvalue weighted by Gasteiger charge is -2.11. The number of alkyl halides is 6. The Morgan fingerprint density at radius 1 is 1.15 bits per heavy atom. The minimum Gasteiger partial charge on any atom is -0.379 e. The average Bonchev–Trinajstić information content (AvgIpc) is 2.25. The second-order valence-corrected chi connectivity index (χ2v) is 3.78. The van der Waals surface area contributed by atoms with E-state index in [1.165, 1.54) is 0 Å². The van der Waals surface area contributed by atoms with Crippen molar-refractivity contribution in [3.8, 4) is 0 Å². The summed E-state index contributed by atoms with van der Waals surface area (Å²) in [5, 5.41) is 12.7. The van der Waals surface area contributed by atoms with E-state index in [4.69, 9.17) is 0 Å². The van der Waals surface area contributed by atoms with E-state index in [1.54, 1.807) is 0 Å². The molecule has 0 spiro atoms. The zero-order chi connectivity index (χ0) is 15.6. The van der Waals surface area contributed by atoms with E-state index in [1.807, 2.05) is 0 Å². The first-order valence-corrected chi connectivity index (χ1v) is 5.17. The predicted octanol–water partition coefficient (Wildman–Crippen LogP) is 3.98. The summed E-state index contributed by atoms with van der Waals surface area (Å²) in [6.07, 6.45) is -10.5. The smallest absolute Gasteiger partial charge is 0.379 e. The third-order valence-electron chi connectivity index (χ3n) is 2.25. The van der Waals surface area contributed by atoms with Crippen molar-refractivity contribution in [1.29, 1.82) is 0 Å². The second kappa shape index (κ2) is 5.55. The monoisotopic (exact) mass is 302 g/mol. The van der Waals surface area contributed by atoms with E-state index < -0.39 is 47.2 Å². The molecule has 0 aromatic heterocycles. The van der Waals surface area contributed by atoms with Crippen LogP contribution in [0.2, 0.25) is 0 Å². The van der Waals surface area contributed by atoms with Gasteiger partial charge in [-0.3, -0.25) is 10.1 Å². The highest BCUT2D eigenvalue weighted by Crippen LogP contribution is 2.35. The number of hydrogen-bond acceptors (Lipinski definition) is 3. The molecule has 0 saturated heterocycles. The van der Waals surface area contributed by atoms with Crippen LogP contribution in [0.3, 0.4) is 0 Å². The van der Waals surface area contributed by atoms with E-state index in [0.29, 0.717) is 6.07 Å². The number of benzene rings is 1. The molecule has 0 aliphatic carbocycles. The summed E-state index contributed by atoms with van der Waals surface area (Å²) in [5.41, 5.74) is -2.57. The Bertz CT molecular complexity index is 498. The Balaban J connectivity index is 2.94. The predicted molar refractivity (Wildman–Crippen MR) is 57.3 cm³/mol. The van der Waals surface area contributed by atoms with Gasteiger partial charge in [-0.15, -0.1) is 0 Å². The summed E-state index contributed by atoms with van der Waals surface area (Å²) in [7, 11) is 0. The van der Waals surface area contributed by atoms with Crippen LogP contribution in [-0.4, -0.2) is 17.6 Å². The Morgan fingerprint density at radius 3 is 2.20 bits per heavy atom. The summed E-state index contributed by atoms with van der Waals surface area (Å²) in [4.78, 5) is 9.54. The number of anilines is 1. The second-order valence-electron chi connectivity index (χ2n) is 3.78. The van der Waals surface area contributed by atoms with Gasteiger partial charge in [0.05, 0.1) is 16.9 Å². The summed E-state index contributed by atoms with van der Waals surface area (Å²) >= 11 is 0. The van der Waals surface area contributed by atoms with Gasteiger partial charge in [0.2, 0.25) is 0 Å². The first-order valence-electron chi connectivity index (χ1n) is 5.17. The first-order chi connectivity index (χ1) is 9.00. The van der Waals surface area contributed by atoms with Crippen molar-refractivity contribution in [1.82, 2.24) is 0 Å². The van der Waals surface area contributed by atoms with Crippen LogP contribution in [-0.2, 0) is 6.18 Å². The van der Waals surface area contributed by atoms with Crippen LogP contribution in [0, 0.1) is 10.1 Å². The van der Waals surface area contributed by atoms with E-state index in [9.17, 15) is 36.5 Å². The zero-order valence-electron chi connectivity index (χ0n) is 9.68. The molecule has 0 aliphatic rings. The molecule has 4 nitrogen and oxygen atoms in total. The van der Waals surface area contributed by atoms with Crippen LogP contribution >= 0.6 is 0 Å². The van der Waals surface area contributed by atoms with Gasteiger partial charge in [-0.25, -0.2) is 0 Å². The molecule has 0 heterocycles. The van der Waals surface area contributed by atoms with Crippen molar-refractivity contribution in [2.75, 3.05) is 11.9 Å². The first kappa shape index (κ1) is 16.1. The van der Waals surface area contributed by atoms with Gasteiger partial charge in [-0.05, 0) is 12.1 Å². The molecular weight excluding hydrogens is 294 g/mol. The molecule has 1 aromatic carbocycles. The Hall–Kier alpha value is -2.00. The normalized spacial score (nSPS) is 12.3. The van der Waals surface area contributed by atoms with Crippen molar-refractivity contribution < 1.29 is 31.3 Å². The van der Waals surface area contributed by atoms with Crippen molar-refractivity contribution in [2.45, 2.75) is 18.8 Å². The van der Waals surface area contributed by atoms with E-state index in [2.05, 4.69) is 5.32 Å². The van der Waals surface area contributed by atoms with E-state index >= 15 is 0 Å². The van der Waals surface area contributed by atoms with Crippen LogP contribution in [0.15, 0.2) is 18.2 Å². The average molecular weight is 302 g/mol. The number of nitrogens with zero attached hydrogens (tertiary/aromatic N) is 1. The van der Waals surface area contributed by atoms with Gasteiger partial charge in [0.25, 0.3) is 5.69 Å². The highest BCUT2D eigenvalue weighted by molar-refractivity contribution is 5.62. The Labute approximate surface area is 108 Å². The number of nitro benzene ring substituents is 1. The summed E-state index contributed by atoms with van der Waals surface area (Å²) in [6, 6.07) is 1.57. The summed E-state index contributed by atoms with van der Waals surface area (Å²) < 4.78 is 72.9. The largest absolute Gasteiger partial charge is 0.416 e. The maximum Gasteiger partial charge on any atom is 0.416 e. The fourth-order valence-corrected chi connectivity index (χ4v) is 1.35. The molecule has 0 atom stereocenters. The van der Waals surface area contributed by atoms with Crippen molar-refractivity contribution in [3.63, 3.8) is 0 Å². The minimum atomic E-state index is -4.77. The maximum atomic E-state index is 12.4. The molecule has 1 aromatic rings. The number of hydrogen-bond donors (Lipinski definition) is 1. The lowest BCUT2D eigenvalue weighted by molar-refractivity contribution is -0.384. The fraction of sp³-hybridized carbons (Fsp3) is 0.400. The molecule has 0 bridgehead atoms. The molecule has 0 saturated carbocycles. The van der Waals surface area contributed by atoms with Crippen LogP contribution in [0.1, 0.15) is 12.0 Å². The Kier molecular flexibility index (Phi) is 4.46. The molecule has 1 N–H and O–H groups in total. The quantitative estimate of drug-likeness (QED) is 0.520. The number of nitrogens with one attached hydrogen (secondary N) is 1. The molecule has 0 amide bonds. The summed E-state index contributed by atoms with van der Waals surface area (Å²) in [5.74, 6) is 0. The van der Waals surface area contributed by atoms with Gasteiger partial charge in [-0.2, -0.15) is 26.3 Å². The topological polar surface area (TPSA) is 55.2 Å². The van der Waals surface area contributed by atoms with Gasteiger partial charge >= 0.3 is 12.4 Å². The number of nitro groups is 1. The van der Waals surface area contributed by atoms with Crippen LogP contribution < -0.4 is 5.32 Å². The van der Waals surface area contributed by atoms with Gasteiger partial charge in [0, 0.05) is 12.6 Å². The molecule has 0 fully saturated rings. The minimum absolute atomic E-state index is 0.274. The molecule has 0 radical (unpaired) electrons. The van der Waals surface area contributed by atoms with E-state index in [0.717, 1.165) is 6.07 Å². The lowest BCUT2D eigenvalue weighted by Crippen LogP contribution is -2.15. The SMILES string of the molecule is O=[N+]([O-])c1cc(C(F)(F)F)ccc1NCCC(F)(F)F. The fourth-order valence-electron chi connectivity index (χ4n) is 1.35. The van der Waals surface area contributed by atoms with Crippen molar-refractivity contribution >= 4 is 11.4 Å². The molecule has 112 valence electrons. The van der Waals surface area contributed by atoms with Gasteiger partial charge in [0.15, 0.2) is 0 Å². The van der Waals surface area contributed by atoms with Crippen molar-refractivity contribution in [3.05, 3.63) is 33.9 Å². The number of halogens is 6. The molecule has 10 heteroatoms. The molecular formula is C10H8F6N2O2. The van der Waals surface area contributed by atoms with Crippen LogP contribution in [0.4, 0.5) is 37.7 Å². The van der Waals surface area contributed by atoms with Crippen molar-refractivity contribution in [2.24, 2.45) is 0 Å². The Morgan fingerprint density at radius 2 is 1.75 bits per heavy atom. The standard InChI is InChI=1S/C10H8F6N2O2/c11-9(12,13)3-4-17-7-2-1-6(10(14,15)16)5-8(7)18(19)20/h1-2,5,17H,3-4H2. The third kappa shape index (κ3) is 4.59. The lowest BCUT2D eigenvalue weighted by atomic mass is 10.1. The highest BCUT2D eigenvalue weighted by Gasteiger charge is 2.33. The maximum absolute atomic E-state index is 12.4. The van der Waals surface area contributed by atoms with Crippen LogP contribution in [0.5, 0.6) is 0 Å². The number of rotatable bonds is 4. The molecule has 1 rings (SSSR count). The summed E-state index contributed by atoms with van der Waals surface area (Å²) in [6.45, 7) is -0.671. The molecule has 20 heavy (non-hydrogen) atoms.